The fraction of sp³-hybridized carbons (Fsp3) is 0.500. The van der Waals surface area contributed by atoms with E-state index in [2.05, 4.69) is 10.3 Å². The Morgan fingerprint density at radius 3 is 2.85 bits per heavy atom. The van der Waals surface area contributed by atoms with Crippen LogP contribution >= 0.6 is 0 Å². The van der Waals surface area contributed by atoms with E-state index in [1.54, 1.807) is 7.11 Å². The molecule has 0 spiro atoms. The maximum atomic E-state index is 5.31. The highest BCUT2D eigenvalue weighted by Crippen LogP contribution is 2.44. The van der Waals surface area contributed by atoms with Gasteiger partial charge in [-0.1, -0.05) is 0 Å². The third kappa shape index (κ3) is 1.59. The van der Waals surface area contributed by atoms with Crippen LogP contribution in [0.25, 0.3) is 0 Å². The molecule has 70 valence electrons. The summed E-state index contributed by atoms with van der Waals surface area (Å²) in [5.41, 5.74) is 1.25. The molecule has 0 radical (unpaired) electrons. The number of methoxy groups -OCH3 is 1. The second-order valence-electron chi connectivity index (χ2n) is 3.34. The van der Waals surface area contributed by atoms with Gasteiger partial charge in [-0.25, -0.2) is 4.98 Å². The van der Waals surface area contributed by atoms with E-state index in [0.29, 0.717) is 5.92 Å². The van der Waals surface area contributed by atoms with E-state index >= 15 is 0 Å². The molecule has 1 aromatic heterocycles. The van der Waals surface area contributed by atoms with Crippen LogP contribution in [-0.4, -0.2) is 19.1 Å². The SMILES string of the molecule is CNc1cc(OC)c(C2CC2)cn1. The van der Waals surface area contributed by atoms with Crippen LogP contribution in [0.2, 0.25) is 0 Å². The van der Waals surface area contributed by atoms with Crippen molar-refractivity contribution in [3.05, 3.63) is 17.8 Å². The van der Waals surface area contributed by atoms with Gasteiger partial charge in [-0.15, -0.1) is 0 Å². The van der Waals surface area contributed by atoms with Crippen molar-refractivity contribution in [2.75, 3.05) is 19.5 Å². The fourth-order valence-electron chi connectivity index (χ4n) is 1.46. The molecular weight excluding hydrogens is 164 g/mol. The van der Waals surface area contributed by atoms with Gasteiger partial charge in [-0.2, -0.15) is 0 Å². The van der Waals surface area contributed by atoms with Gasteiger partial charge in [-0.05, 0) is 18.8 Å². The van der Waals surface area contributed by atoms with Gasteiger partial charge < -0.3 is 10.1 Å². The van der Waals surface area contributed by atoms with Crippen LogP contribution in [-0.2, 0) is 0 Å². The van der Waals surface area contributed by atoms with Crippen molar-refractivity contribution in [3.8, 4) is 5.75 Å². The summed E-state index contributed by atoms with van der Waals surface area (Å²) in [6.07, 6.45) is 4.47. The molecule has 3 heteroatoms. The van der Waals surface area contributed by atoms with Crippen molar-refractivity contribution in [1.29, 1.82) is 0 Å². The molecule has 0 saturated heterocycles. The van der Waals surface area contributed by atoms with Gasteiger partial charge in [0.2, 0.25) is 0 Å². The third-order valence-corrected chi connectivity index (χ3v) is 2.39. The standard InChI is InChI=1S/C10H14N2O/c1-11-10-5-9(13-2)8(6-12-10)7-3-4-7/h5-7H,3-4H2,1-2H3,(H,11,12). The molecule has 1 aliphatic rings. The Morgan fingerprint density at radius 2 is 2.31 bits per heavy atom. The van der Waals surface area contributed by atoms with Crippen molar-refractivity contribution < 1.29 is 4.74 Å². The first-order valence-electron chi connectivity index (χ1n) is 4.57. The topological polar surface area (TPSA) is 34.1 Å². The molecule has 1 saturated carbocycles. The van der Waals surface area contributed by atoms with E-state index in [1.807, 2.05) is 19.3 Å². The average Bonchev–Trinajstić information content (AvgIpc) is 3.00. The molecule has 1 heterocycles. The van der Waals surface area contributed by atoms with E-state index in [9.17, 15) is 0 Å². The second kappa shape index (κ2) is 3.24. The lowest BCUT2D eigenvalue weighted by Gasteiger charge is -2.08. The van der Waals surface area contributed by atoms with Gasteiger partial charge >= 0.3 is 0 Å². The van der Waals surface area contributed by atoms with Crippen LogP contribution in [0.15, 0.2) is 12.3 Å². The van der Waals surface area contributed by atoms with E-state index in [1.165, 1.54) is 18.4 Å². The van der Waals surface area contributed by atoms with Gasteiger partial charge in [0.05, 0.1) is 7.11 Å². The fourth-order valence-corrected chi connectivity index (χ4v) is 1.46. The molecule has 0 aliphatic heterocycles. The predicted octanol–water partition coefficient (Wildman–Crippen LogP) is 2.01. The molecule has 1 N–H and O–H groups in total. The van der Waals surface area contributed by atoms with E-state index in [0.717, 1.165) is 11.6 Å². The highest BCUT2D eigenvalue weighted by molar-refractivity contribution is 5.47. The van der Waals surface area contributed by atoms with Crippen LogP contribution in [0.1, 0.15) is 24.3 Å². The lowest BCUT2D eigenvalue weighted by Crippen LogP contribution is -1.96. The first-order chi connectivity index (χ1) is 6.35. The Hall–Kier alpha value is -1.25. The van der Waals surface area contributed by atoms with Gasteiger partial charge in [0.15, 0.2) is 0 Å². The number of pyridine rings is 1. The Morgan fingerprint density at radius 1 is 1.54 bits per heavy atom. The van der Waals surface area contributed by atoms with Crippen LogP contribution < -0.4 is 10.1 Å². The van der Waals surface area contributed by atoms with E-state index in [4.69, 9.17) is 4.74 Å². The molecule has 13 heavy (non-hydrogen) atoms. The Bertz CT molecular complexity index is 308. The first kappa shape index (κ1) is 8.35. The largest absolute Gasteiger partial charge is 0.496 e. The predicted molar refractivity (Wildman–Crippen MR) is 52.3 cm³/mol. The summed E-state index contributed by atoms with van der Waals surface area (Å²) in [6, 6.07) is 1.95. The lowest BCUT2D eigenvalue weighted by molar-refractivity contribution is 0.409. The zero-order valence-corrected chi connectivity index (χ0v) is 8.00. The van der Waals surface area contributed by atoms with Crippen molar-refractivity contribution in [3.63, 3.8) is 0 Å². The Labute approximate surface area is 78.1 Å². The number of hydrogen-bond donors (Lipinski definition) is 1. The summed E-state index contributed by atoms with van der Waals surface area (Å²) in [5, 5.41) is 3.00. The number of ether oxygens (including phenoxy) is 1. The Balaban J connectivity index is 2.33. The number of nitrogens with one attached hydrogen (secondary N) is 1. The molecule has 0 aromatic carbocycles. The summed E-state index contributed by atoms with van der Waals surface area (Å²) >= 11 is 0. The minimum atomic E-state index is 0.688. The number of nitrogens with zero attached hydrogens (tertiary/aromatic N) is 1. The minimum absolute atomic E-state index is 0.688. The summed E-state index contributed by atoms with van der Waals surface area (Å²) in [6.45, 7) is 0. The summed E-state index contributed by atoms with van der Waals surface area (Å²) in [4.78, 5) is 4.28. The number of hydrogen-bond acceptors (Lipinski definition) is 3. The number of rotatable bonds is 3. The zero-order chi connectivity index (χ0) is 9.26. The summed E-state index contributed by atoms with van der Waals surface area (Å²) < 4.78 is 5.31. The maximum absolute atomic E-state index is 5.31. The van der Waals surface area contributed by atoms with Crippen LogP contribution in [0.3, 0.4) is 0 Å². The average molecular weight is 178 g/mol. The minimum Gasteiger partial charge on any atom is -0.496 e. The summed E-state index contributed by atoms with van der Waals surface area (Å²) in [7, 11) is 3.57. The molecule has 1 aromatic rings. The third-order valence-electron chi connectivity index (χ3n) is 2.39. The maximum Gasteiger partial charge on any atom is 0.129 e. The molecule has 3 nitrogen and oxygen atoms in total. The van der Waals surface area contributed by atoms with Gasteiger partial charge in [0.25, 0.3) is 0 Å². The van der Waals surface area contributed by atoms with Gasteiger partial charge in [0, 0.05) is 24.9 Å². The Kier molecular flexibility index (Phi) is 2.08. The van der Waals surface area contributed by atoms with Gasteiger partial charge in [-0.3, -0.25) is 0 Å². The second-order valence-corrected chi connectivity index (χ2v) is 3.34. The van der Waals surface area contributed by atoms with E-state index < -0.39 is 0 Å². The normalized spacial score (nSPS) is 15.5. The molecule has 0 amide bonds. The van der Waals surface area contributed by atoms with Crippen molar-refractivity contribution in [1.82, 2.24) is 4.98 Å². The highest BCUT2D eigenvalue weighted by Gasteiger charge is 2.27. The molecule has 0 bridgehead atoms. The summed E-state index contributed by atoms with van der Waals surface area (Å²) in [5.74, 6) is 2.51. The monoisotopic (exact) mass is 178 g/mol. The lowest BCUT2D eigenvalue weighted by atomic mass is 10.1. The van der Waals surface area contributed by atoms with Crippen molar-refractivity contribution >= 4 is 5.82 Å². The highest BCUT2D eigenvalue weighted by atomic mass is 16.5. The number of anilines is 1. The van der Waals surface area contributed by atoms with Crippen LogP contribution in [0.5, 0.6) is 5.75 Å². The van der Waals surface area contributed by atoms with Crippen molar-refractivity contribution in [2.45, 2.75) is 18.8 Å². The molecule has 0 unspecified atom stereocenters. The smallest absolute Gasteiger partial charge is 0.129 e. The first-order valence-corrected chi connectivity index (χ1v) is 4.57. The quantitative estimate of drug-likeness (QED) is 0.768. The molecular formula is C10H14N2O. The van der Waals surface area contributed by atoms with E-state index in [-0.39, 0.29) is 0 Å². The van der Waals surface area contributed by atoms with Crippen LogP contribution in [0, 0.1) is 0 Å². The molecule has 1 fully saturated rings. The molecule has 1 aliphatic carbocycles. The molecule has 0 atom stereocenters. The van der Waals surface area contributed by atoms with Crippen LogP contribution in [0.4, 0.5) is 5.82 Å². The number of aromatic nitrogens is 1. The molecule has 2 rings (SSSR count). The van der Waals surface area contributed by atoms with Gasteiger partial charge in [0.1, 0.15) is 11.6 Å². The van der Waals surface area contributed by atoms with Crippen molar-refractivity contribution in [2.24, 2.45) is 0 Å². The zero-order valence-electron chi connectivity index (χ0n) is 8.00.